The molecule has 1 aliphatic carbocycles. The number of nitrogens with one attached hydrogen (secondary N) is 2. The molecule has 0 radical (unpaired) electrons. The number of aryl methyl sites for hydroxylation is 1. The number of sulfonamides is 1. The molecule has 4 nitrogen and oxygen atoms in total. The summed E-state index contributed by atoms with van der Waals surface area (Å²) >= 11 is 3.35. The summed E-state index contributed by atoms with van der Waals surface area (Å²) in [5.74, 6) is 0. The highest BCUT2D eigenvalue weighted by atomic mass is 32.2. The van der Waals surface area contributed by atoms with Crippen LogP contribution in [0.2, 0.25) is 0 Å². The van der Waals surface area contributed by atoms with E-state index in [4.69, 9.17) is 0 Å². The molecule has 2 rings (SSSR count). The summed E-state index contributed by atoms with van der Waals surface area (Å²) in [6.45, 7) is 2.46. The zero-order chi connectivity index (χ0) is 15.5. The van der Waals surface area contributed by atoms with Crippen molar-refractivity contribution in [2.24, 2.45) is 0 Å². The minimum absolute atomic E-state index is 0.0722. The van der Waals surface area contributed by atoms with E-state index in [1.807, 2.05) is 31.1 Å². The van der Waals surface area contributed by atoms with E-state index >= 15 is 0 Å². The van der Waals surface area contributed by atoms with Gasteiger partial charge in [-0.25, -0.2) is 13.1 Å². The van der Waals surface area contributed by atoms with Crippen LogP contribution in [0.1, 0.15) is 36.1 Å². The summed E-state index contributed by atoms with van der Waals surface area (Å²) in [6.07, 6.45) is 6.29. The van der Waals surface area contributed by atoms with Crippen LogP contribution in [0.3, 0.4) is 0 Å². The molecule has 2 atom stereocenters. The van der Waals surface area contributed by atoms with Crippen LogP contribution in [0.25, 0.3) is 0 Å². The molecular weight excluding hydrogens is 324 g/mol. The molecule has 1 heterocycles. The summed E-state index contributed by atoms with van der Waals surface area (Å²) in [6, 6.07) is 0.0722. The Labute approximate surface area is 136 Å². The lowest BCUT2D eigenvalue weighted by molar-refractivity contribution is 0.420. The molecule has 0 aliphatic heterocycles. The van der Waals surface area contributed by atoms with Crippen LogP contribution in [0.15, 0.2) is 10.3 Å². The van der Waals surface area contributed by atoms with Crippen LogP contribution in [0.5, 0.6) is 0 Å². The largest absolute Gasteiger partial charge is 0.315 e. The first-order valence-corrected chi connectivity index (χ1v) is 10.9. The van der Waals surface area contributed by atoms with Gasteiger partial charge in [0, 0.05) is 22.7 Å². The summed E-state index contributed by atoms with van der Waals surface area (Å²) < 4.78 is 28.4. The second kappa shape index (κ2) is 7.46. The highest BCUT2D eigenvalue weighted by Gasteiger charge is 2.29. The first-order valence-electron chi connectivity index (χ1n) is 7.24. The lowest BCUT2D eigenvalue weighted by Gasteiger charge is -2.28. The third-order valence-electron chi connectivity index (χ3n) is 3.88. The van der Waals surface area contributed by atoms with E-state index in [2.05, 4.69) is 16.3 Å². The minimum Gasteiger partial charge on any atom is -0.315 e. The van der Waals surface area contributed by atoms with Crippen molar-refractivity contribution in [1.82, 2.24) is 10.0 Å². The van der Waals surface area contributed by atoms with E-state index < -0.39 is 10.0 Å². The lowest BCUT2D eigenvalue weighted by atomic mass is 9.96. The van der Waals surface area contributed by atoms with Gasteiger partial charge in [-0.2, -0.15) is 11.8 Å². The molecule has 1 saturated carbocycles. The molecule has 0 bridgehead atoms. The van der Waals surface area contributed by atoms with Crippen molar-refractivity contribution in [3.8, 4) is 0 Å². The number of rotatable bonds is 6. The predicted molar refractivity (Wildman–Crippen MR) is 91.7 cm³/mol. The molecule has 1 aromatic rings. The van der Waals surface area contributed by atoms with E-state index in [1.165, 1.54) is 17.8 Å². The topological polar surface area (TPSA) is 58.2 Å². The molecule has 2 unspecified atom stereocenters. The summed E-state index contributed by atoms with van der Waals surface area (Å²) in [7, 11) is -1.58. The highest BCUT2D eigenvalue weighted by molar-refractivity contribution is 7.99. The second-order valence-corrected chi connectivity index (χ2v) is 9.30. The fraction of sp³-hybridized carbons (Fsp3) is 0.714. The Hall–Kier alpha value is -0.0800. The van der Waals surface area contributed by atoms with Gasteiger partial charge in [-0.1, -0.05) is 6.42 Å². The number of thioether (sulfide) groups is 1. The van der Waals surface area contributed by atoms with E-state index in [0.717, 1.165) is 29.7 Å². The zero-order valence-corrected chi connectivity index (χ0v) is 15.3. The van der Waals surface area contributed by atoms with Crippen molar-refractivity contribution in [1.29, 1.82) is 0 Å². The summed E-state index contributed by atoms with van der Waals surface area (Å²) in [4.78, 5) is 1.37. The second-order valence-electron chi connectivity index (χ2n) is 5.54. The van der Waals surface area contributed by atoms with Crippen LogP contribution in [-0.4, -0.2) is 33.0 Å². The third kappa shape index (κ3) is 4.22. The summed E-state index contributed by atoms with van der Waals surface area (Å²) in [5.41, 5.74) is 0.843. The molecule has 0 aromatic carbocycles. The maximum Gasteiger partial charge on any atom is 0.242 e. The Balaban J connectivity index is 2.16. The highest BCUT2D eigenvalue weighted by Crippen LogP contribution is 2.30. The Morgan fingerprint density at radius 3 is 2.86 bits per heavy atom. The van der Waals surface area contributed by atoms with E-state index in [1.54, 1.807) is 0 Å². The van der Waals surface area contributed by atoms with Gasteiger partial charge in [0.2, 0.25) is 10.0 Å². The average Bonchev–Trinajstić information content (AvgIpc) is 2.81. The van der Waals surface area contributed by atoms with Crippen LogP contribution in [0.4, 0.5) is 0 Å². The first-order chi connectivity index (χ1) is 9.97. The Morgan fingerprint density at radius 1 is 1.43 bits per heavy atom. The van der Waals surface area contributed by atoms with Crippen LogP contribution in [-0.2, 0) is 16.6 Å². The van der Waals surface area contributed by atoms with Gasteiger partial charge in [0.15, 0.2) is 0 Å². The maximum atomic E-state index is 12.7. The van der Waals surface area contributed by atoms with E-state index in [9.17, 15) is 8.42 Å². The van der Waals surface area contributed by atoms with Gasteiger partial charge in [-0.15, -0.1) is 11.3 Å². The Morgan fingerprint density at radius 2 is 2.19 bits per heavy atom. The van der Waals surface area contributed by atoms with Gasteiger partial charge in [-0.05, 0) is 50.4 Å². The van der Waals surface area contributed by atoms with E-state index in [-0.39, 0.29) is 6.04 Å². The van der Waals surface area contributed by atoms with Crippen LogP contribution >= 0.6 is 23.1 Å². The third-order valence-corrected chi connectivity index (χ3v) is 7.95. The summed E-state index contributed by atoms with van der Waals surface area (Å²) in [5, 5.41) is 5.54. The predicted octanol–water partition coefficient (Wildman–Crippen LogP) is 2.73. The molecule has 0 saturated heterocycles. The molecule has 1 aliphatic rings. The monoisotopic (exact) mass is 348 g/mol. The van der Waals surface area contributed by atoms with Crippen molar-refractivity contribution in [2.75, 3.05) is 13.3 Å². The number of hydrogen-bond donors (Lipinski definition) is 2. The molecule has 21 heavy (non-hydrogen) atoms. The van der Waals surface area contributed by atoms with Crippen molar-refractivity contribution in [3.63, 3.8) is 0 Å². The zero-order valence-electron chi connectivity index (χ0n) is 12.8. The van der Waals surface area contributed by atoms with Gasteiger partial charge >= 0.3 is 0 Å². The average molecular weight is 349 g/mol. The quantitative estimate of drug-likeness (QED) is 0.830. The van der Waals surface area contributed by atoms with E-state index in [0.29, 0.717) is 16.7 Å². The van der Waals surface area contributed by atoms with Gasteiger partial charge in [0.05, 0.1) is 0 Å². The molecular formula is C14H24N2O2S3. The minimum atomic E-state index is -3.42. The number of thiophene rings is 1. The van der Waals surface area contributed by atoms with Crippen molar-refractivity contribution < 1.29 is 8.42 Å². The fourth-order valence-corrected chi connectivity index (χ4v) is 6.81. The van der Waals surface area contributed by atoms with Crippen molar-refractivity contribution in [2.45, 2.75) is 55.3 Å². The fourth-order valence-electron chi connectivity index (χ4n) is 2.88. The molecule has 1 fully saturated rings. The van der Waals surface area contributed by atoms with Crippen molar-refractivity contribution >= 4 is 33.1 Å². The molecule has 2 N–H and O–H groups in total. The van der Waals surface area contributed by atoms with Crippen LogP contribution < -0.4 is 10.0 Å². The molecule has 1 aromatic heterocycles. The Kier molecular flexibility index (Phi) is 6.14. The van der Waals surface area contributed by atoms with Gasteiger partial charge in [0.25, 0.3) is 0 Å². The maximum absolute atomic E-state index is 12.7. The number of hydrogen-bond acceptors (Lipinski definition) is 5. The standard InChI is InChI=1S/C14H24N2O2S3/c1-10-9-20-13(8-15-2)14(10)21(17,18)16-11-5-4-6-12(7-11)19-3/h9,11-12,15-16H,4-8H2,1-3H3. The molecule has 7 heteroatoms. The van der Waals surface area contributed by atoms with Crippen molar-refractivity contribution in [3.05, 3.63) is 15.8 Å². The molecule has 0 spiro atoms. The molecule has 120 valence electrons. The normalized spacial score (nSPS) is 23.4. The Bertz CT molecular complexity index is 569. The van der Waals surface area contributed by atoms with Gasteiger partial charge in [-0.3, -0.25) is 0 Å². The van der Waals surface area contributed by atoms with Gasteiger partial charge < -0.3 is 5.32 Å². The lowest BCUT2D eigenvalue weighted by Crippen LogP contribution is -2.39. The smallest absolute Gasteiger partial charge is 0.242 e. The van der Waals surface area contributed by atoms with Gasteiger partial charge in [0.1, 0.15) is 4.90 Å². The van der Waals surface area contributed by atoms with Crippen LogP contribution in [0, 0.1) is 6.92 Å². The first kappa shape index (κ1) is 17.3. The molecule has 0 amide bonds. The SMILES string of the molecule is CNCc1scc(C)c1S(=O)(=O)NC1CCCC(SC)C1.